The zero-order valence-electron chi connectivity index (χ0n) is 11.7. The Balaban J connectivity index is 1.66. The Morgan fingerprint density at radius 2 is 2.10 bits per heavy atom. The summed E-state index contributed by atoms with van der Waals surface area (Å²) in [7, 11) is 0. The van der Waals surface area contributed by atoms with E-state index >= 15 is 0 Å². The van der Waals surface area contributed by atoms with Crippen LogP contribution < -0.4 is 5.32 Å². The Morgan fingerprint density at radius 3 is 2.80 bits per heavy atom. The molecule has 1 saturated heterocycles. The number of hydrogen-bond acceptors (Lipinski definition) is 2. The van der Waals surface area contributed by atoms with E-state index in [0.29, 0.717) is 10.5 Å². The van der Waals surface area contributed by atoms with Crippen molar-refractivity contribution in [3.63, 3.8) is 0 Å². The predicted molar refractivity (Wildman–Crippen MR) is 83.1 cm³/mol. The molecule has 20 heavy (non-hydrogen) atoms. The smallest absolute Gasteiger partial charge is 0.137 e. The second-order valence-electron chi connectivity index (χ2n) is 6.14. The van der Waals surface area contributed by atoms with Crippen LogP contribution in [0.25, 0.3) is 0 Å². The molecule has 1 saturated carbocycles. The molecule has 3 rings (SSSR count). The number of benzene rings is 1. The molecule has 110 valence electrons. The van der Waals surface area contributed by atoms with Crippen molar-refractivity contribution in [2.75, 3.05) is 19.6 Å². The number of halogens is 2. The Kier molecular flexibility index (Phi) is 4.74. The van der Waals surface area contributed by atoms with Gasteiger partial charge in [0.15, 0.2) is 0 Å². The summed E-state index contributed by atoms with van der Waals surface area (Å²) >= 11 is 3.39. The third kappa shape index (κ3) is 3.80. The number of rotatable bonds is 6. The molecule has 4 heteroatoms. The maximum absolute atomic E-state index is 13.6. The molecule has 2 fully saturated rings. The van der Waals surface area contributed by atoms with E-state index in [1.807, 2.05) is 6.07 Å². The van der Waals surface area contributed by atoms with Gasteiger partial charge in [0.2, 0.25) is 0 Å². The SMILES string of the molecule is Fc1cccc(CN(CC2CC2)CC2CCCN2)c1Br. The fourth-order valence-corrected chi connectivity index (χ4v) is 3.39. The zero-order valence-corrected chi connectivity index (χ0v) is 13.3. The maximum atomic E-state index is 13.6. The Bertz CT molecular complexity index is 456. The first-order chi connectivity index (χ1) is 9.72. The summed E-state index contributed by atoms with van der Waals surface area (Å²) in [5, 5.41) is 3.57. The van der Waals surface area contributed by atoms with Gasteiger partial charge >= 0.3 is 0 Å². The highest BCUT2D eigenvalue weighted by atomic mass is 79.9. The second-order valence-corrected chi connectivity index (χ2v) is 6.94. The maximum Gasteiger partial charge on any atom is 0.137 e. The van der Waals surface area contributed by atoms with Gasteiger partial charge in [-0.3, -0.25) is 4.90 Å². The summed E-state index contributed by atoms with van der Waals surface area (Å²) < 4.78 is 14.3. The molecule has 1 aromatic rings. The molecule has 1 aliphatic carbocycles. The first kappa shape index (κ1) is 14.5. The second kappa shape index (κ2) is 6.54. The summed E-state index contributed by atoms with van der Waals surface area (Å²) in [6.45, 7) is 4.22. The lowest BCUT2D eigenvalue weighted by Gasteiger charge is -2.26. The van der Waals surface area contributed by atoms with Crippen LogP contribution in [-0.4, -0.2) is 30.6 Å². The number of nitrogens with zero attached hydrogens (tertiary/aromatic N) is 1. The lowest BCUT2D eigenvalue weighted by Crippen LogP contribution is -2.38. The summed E-state index contributed by atoms with van der Waals surface area (Å²) in [5.74, 6) is 0.705. The van der Waals surface area contributed by atoms with Gasteiger partial charge in [-0.15, -0.1) is 0 Å². The Morgan fingerprint density at radius 1 is 1.25 bits per heavy atom. The molecule has 1 heterocycles. The van der Waals surface area contributed by atoms with Gasteiger partial charge in [0, 0.05) is 25.7 Å². The first-order valence-electron chi connectivity index (χ1n) is 7.61. The van der Waals surface area contributed by atoms with Crippen LogP contribution in [-0.2, 0) is 6.54 Å². The molecule has 1 unspecified atom stereocenters. The molecule has 0 radical (unpaired) electrons. The van der Waals surface area contributed by atoms with Gasteiger partial charge in [0.05, 0.1) is 4.47 Å². The summed E-state index contributed by atoms with van der Waals surface area (Å²) in [5.41, 5.74) is 1.06. The van der Waals surface area contributed by atoms with E-state index in [9.17, 15) is 4.39 Å². The quantitative estimate of drug-likeness (QED) is 0.851. The van der Waals surface area contributed by atoms with Crippen molar-refractivity contribution in [2.24, 2.45) is 5.92 Å². The predicted octanol–water partition coefficient (Wildman–Crippen LogP) is 3.55. The largest absolute Gasteiger partial charge is 0.313 e. The minimum absolute atomic E-state index is 0.159. The topological polar surface area (TPSA) is 15.3 Å². The molecule has 1 atom stereocenters. The van der Waals surface area contributed by atoms with Crippen LogP contribution in [0, 0.1) is 11.7 Å². The van der Waals surface area contributed by atoms with Crippen LogP contribution in [0.4, 0.5) is 4.39 Å². The van der Waals surface area contributed by atoms with E-state index in [1.165, 1.54) is 31.7 Å². The van der Waals surface area contributed by atoms with Gasteiger partial charge in [0.1, 0.15) is 5.82 Å². The van der Waals surface area contributed by atoms with E-state index in [4.69, 9.17) is 0 Å². The highest BCUT2D eigenvalue weighted by molar-refractivity contribution is 9.10. The van der Waals surface area contributed by atoms with Crippen molar-refractivity contribution < 1.29 is 4.39 Å². The average Bonchev–Trinajstić information content (AvgIpc) is 3.09. The summed E-state index contributed by atoms with van der Waals surface area (Å²) in [4.78, 5) is 2.50. The zero-order chi connectivity index (χ0) is 13.9. The Labute approximate surface area is 128 Å². The molecular formula is C16H22BrFN2. The van der Waals surface area contributed by atoms with Gasteiger partial charge in [-0.1, -0.05) is 12.1 Å². The van der Waals surface area contributed by atoms with Crippen molar-refractivity contribution in [3.05, 3.63) is 34.1 Å². The fraction of sp³-hybridized carbons (Fsp3) is 0.625. The first-order valence-corrected chi connectivity index (χ1v) is 8.40. The van der Waals surface area contributed by atoms with Gasteiger partial charge in [-0.2, -0.15) is 0 Å². The van der Waals surface area contributed by atoms with Crippen LogP contribution in [0.3, 0.4) is 0 Å². The molecule has 1 N–H and O–H groups in total. The van der Waals surface area contributed by atoms with E-state index in [0.717, 1.165) is 37.7 Å². The van der Waals surface area contributed by atoms with E-state index < -0.39 is 0 Å². The molecular weight excluding hydrogens is 319 g/mol. The third-order valence-electron chi connectivity index (χ3n) is 4.28. The fourth-order valence-electron chi connectivity index (χ4n) is 3.00. The van der Waals surface area contributed by atoms with Crippen molar-refractivity contribution in [2.45, 2.75) is 38.3 Å². The number of nitrogens with one attached hydrogen (secondary N) is 1. The molecule has 2 nitrogen and oxygen atoms in total. The standard InChI is InChI=1S/C16H22BrFN2/c17-16-13(3-1-5-15(16)18)10-20(9-12-6-7-12)11-14-4-2-8-19-14/h1,3,5,12,14,19H,2,4,6-11H2. The van der Waals surface area contributed by atoms with Crippen LogP contribution in [0.5, 0.6) is 0 Å². The molecule has 0 spiro atoms. The molecule has 2 aliphatic rings. The minimum Gasteiger partial charge on any atom is -0.313 e. The molecule has 0 amide bonds. The third-order valence-corrected chi connectivity index (χ3v) is 5.17. The van der Waals surface area contributed by atoms with Gasteiger partial charge in [0.25, 0.3) is 0 Å². The van der Waals surface area contributed by atoms with E-state index in [2.05, 4.69) is 26.1 Å². The van der Waals surface area contributed by atoms with E-state index in [1.54, 1.807) is 6.07 Å². The van der Waals surface area contributed by atoms with Crippen molar-refractivity contribution >= 4 is 15.9 Å². The van der Waals surface area contributed by atoms with Crippen LogP contribution >= 0.6 is 15.9 Å². The molecule has 1 aromatic carbocycles. The minimum atomic E-state index is -0.159. The van der Waals surface area contributed by atoms with Gasteiger partial charge in [-0.25, -0.2) is 4.39 Å². The highest BCUT2D eigenvalue weighted by Gasteiger charge is 2.27. The molecule has 0 aromatic heterocycles. The summed E-state index contributed by atoms with van der Waals surface area (Å²) in [6, 6.07) is 5.95. The normalized spacial score (nSPS) is 22.6. The van der Waals surface area contributed by atoms with Crippen molar-refractivity contribution in [1.29, 1.82) is 0 Å². The van der Waals surface area contributed by atoms with E-state index in [-0.39, 0.29) is 5.82 Å². The molecule has 0 bridgehead atoms. The lowest BCUT2D eigenvalue weighted by molar-refractivity contribution is 0.231. The highest BCUT2D eigenvalue weighted by Crippen LogP contribution is 2.31. The van der Waals surface area contributed by atoms with Gasteiger partial charge in [-0.05, 0) is 65.7 Å². The Hall–Kier alpha value is -0.450. The molecule has 1 aliphatic heterocycles. The lowest BCUT2D eigenvalue weighted by atomic mass is 10.1. The average molecular weight is 341 g/mol. The van der Waals surface area contributed by atoms with Crippen LogP contribution in [0.15, 0.2) is 22.7 Å². The van der Waals surface area contributed by atoms with Crippen molar-refractivity contribution in [1.82, 2.24) is 10.2 Å². The number of hydrogen-bond donors (Lipinski definition) is 1. The van der Waals surface area contributed by atoms with Crippen LogP contribution in [0.1, 0.15) is 31.2 Å². The van der Waals surface area contributed by atoms with Crippen LogP contribution in [0.2, 0.25) is 0 Å². The van der Waals surface area contributed by atoms with Gasteiger partial charge < -0.3 is 5.32 Å². The van der Waals surface area contributed by atoms with Crippen molar-refractivity contribution in [3.8, 4) is 0 Å². The summed E-state index contributed by atoms with van der Waals surface area (Å²) in [6.07, 6.45) is 5.27. The monoisotopic (exact) mass is 340 g/mol.